The molecule has 2 rings (SSSR count). The number of nitrogens with zero attached hydrogens (tertiary/aromatic N) is 1. The fourth-order valence-electron chi connectivity index (χ4n) is 2.11. The smallest absolute Gasteiger partial charge is 0.266 e. The highest BCUT2D eigenvalue weighted by Crippen LogP contribution is 2.24. The molecule has 1 atom stereocenters. The minimum atomic E-state index is -0.538. The summed E-state index contributed by atoms with van der Waals surface area (Å²) in [4.78, 5) is 12.1. The predicted molar refractivity (Wildman–Crippen MR) is 84.3 cm³/mol. The van der Waals surface area contributed by atoms with Crippen LogP contribution in [-0.2, 0) is 9.53 Å². The van der Waals surface area contributed by atoms with Crippen molar-refractivity contribution in [1.29, 1.82) is 5.26 Å². The minimum Gasteiger partial charge on any atom is -0.508 e. The minimum absolute atomic E-state index is 0.0374. The third kappa shape index (κ3) is 4.14. The van der Waals surface area contributed by atoms with Crippen molar-refractivity contribution < 1.29 is 19.7 Å². The van der Waals surface area contributed by atoms with Crippen LogP contribution in [0.3, 0.4) is 0 Å². The third-order valence-corrected chi connectivity index (χ3v) is 3.29. The van der Waals surface area contributed by atoms with Crippen LogP contribution in [0.2, 0.25) is 0 Å². The first-order chi connectivity index (χ1) is 11.0. The third-order valence-electron chi connectivity index (χ3n) is 3.29. The molecule has 6 nitrogen and oxygen atoms in total. The Hall–Kier alpha value is -3.20. The van der Waals surface area contributed by atoms with Gasteiger partial charge in [-0.15, -0.1) is 0 Å². The number of nitrogens with one attached hydrogen (secondary N) is 1. The molecule has 1 aliphatic carbocycles. The number of phenolic OH excluding ortho intramolecular Hbond substituents is 1. The van der Waals surface area contributed by atoms with Gasteiger partial charge in [0.15, 0.2) is 11.5 Å². The topological polar surface area (TPSA) is 103 Å². The largest absolute Gasteiger partial charge is 0.508 e. The molecule has 1 amide bonds. The normalized spacial score (nSPS) is 17.6. The van der Waals surface area contributed by atoms with Gasteiger partial charge in [0, 0.05) is 11.6 Å². The number of hydrogen-bond acceptors (Lipinski definition) is 5. The monoisotopic (exact) mass is 312 g/mol. The van der Waals surface area contributed by atoms with Crippen molar-refractivity contribution in [3.8, 4) is 11.8 Å². The lowest BCUT2D eigenvalue weighted by atomic mass is 9.96. The molecule has 0 bridgehead atoms. The molecule has 3 N–H and O–H groups in total. The molecule has 0 radical (unpaired) electrons. The number of carbonyl (C=O) groups is 1. The van der Waals surface area contributed by atoms with Crippen molar-refractivity contribution >= 4 is 11.6 Å². The zero-order valence-electron chi connectivity index (χ0n) is 12.5. The molecule has 0 aliphatic heterocycles. The Kier molecular flexibility index (Phi) is 5.05. The average molecular weight is 312 g/mol. The summed E-state index contributed by atoms with van der Waals surface area (Å²) >= 11 is 0. The molecule has 1 aliphatic rings. The van der Waals surface area contributed by atoms with Gasteiger partial charge >= 0.3 is 0 Å². The van der Waals surface area contributed by atoms with Gasteiger partial charge < -0.3 is 20.3 Å². The first-order valence-corrected chi connectivity index (χ1v) is 6.91. The number of rotatable bonds is 4. The zero-order valence-corrected chi connectivity index (χ0v) is 12.5. The standard InChI is InChI=1S/C17H16N2O4/c1-23-16-9-11(2-7-15(16)21)8-12(10-18)17(22)19-13-3-5-14(20)6-4-13/h3-9,11,20-21H,2H2,1H3,(H,19,22)/b12-8-. The summed E-state index contributed by atoms with van der Waals surface area (Å²) in [5.74, 6) is -0.312. The van der Waals surface area contributed by atoms with Crippen LogP contribution in [0.25, 0.3) is 0 Å². The quantitative estimate of drug-likeness (QED) is 0.451. The lowest BCUT2D eigenvalue weighted by Gasteiger charge is -2.15. The van der Waals surface area contributed by atoms with E-state index in [9.17, 15) is 20.3 Å². The van der Waals surface area contributed by atoms with Crippen LogP contribution in [0.15, 0.2) is 59.6 Å². The molecular formula is C17H16N2O4. The zero-order chi connectivity index (χ0) is 16.8. The van der Waals surface area contributed by atoms with E-state index >= 15 is 0 Å². The van der Waals surface area contributed by atoms with Gasteiger partial charge in [-0.2, -0.15) is 5.26 Å². The summed E-state index contributed by atoms with van der Waals surface area (Å²) in [6, 6.07) is 7.82. The van der Waals surface area contributed by atoms with E-state index in [4.69, 9.17) is 4.74 Å². The Morgan fingerprint density at radius 3 is 2.70 bits per heavy atom. The Morgan fingerprint density at radius 2 is 2.09 bits per heavy atom. The van der Waals surface area contributed by atoms with Crippen LogP contribution in [0.1, 0.15) is 6.42 Å². The van der Waals surface area contributed by atoms with Gasteiger partial charge in [-0.3, -0.25) is 4.79 Å². The van der Waals surface area contributed by atoms with Crippen LogP contribution < -0.4 is 5.32 Å². The number of amides is 1. The molecule has 6 heteroatoms. The Balaban J connectivity index is 2.13. The van der Waals surface area contributed by atoms with Gasteiger partial charge in [0.1, 0.15) is 17.4 Å². The first kappa shape index (κ1) is 16.2. The maximum atomic E-state index is 12.1. The molecule has 0 saturated heterocycles. The van der Waals surface area contributed by atoms with E-state index in [1.54, 1.807) is 12.2 Å². The van der Waals surface area contributed by atoms with Gasteiger partial charge in [-0.25, -0.2) is 0 Å². The van der Waals surface area contributed by atoms with Crippen LogP contribution in [-0.4, -0.2) is 23.2 Å². The number of allylic oxidation sites excluding steroid dienone is 3. The number of nitriles is 1. The van der Waals surface area contributed by atoms with E-state index in [1.165, 1.54) is 37.5 Å². The molecule has 0 fully saturated rings. The lowest BCUT2D eigenvalue weighted by molar-refractivity contribution is -0.112. The van der Waals surface area contributed by atoms with Crippen molar-refractivity contribution in [3.63, 3.8) is 0 Å². The number of hydrogen-bond donors (Lipinski definition) is 3. The summed E-state index contributed by atoms with van der Waals surface area (Å²) in [6.45, 7) is 0. The maximum Gasteiger partial charge on any atom is 0.266 e. The molecule has 23 heavy (non-hydrogen) atoms. The number of aliphatic hydroxyl groups is 1. The number of aromatic hydroxyl groups is 1. The van der Waals surface area contributed by atoms with Gasteiger partial charge in [0.05, 0.1) is 7.11 Å². The van der Waals surface area contributed by atoms with Crippen molar-refractivity contribution in [2.45, 2.75) is 6.42 Å². The van der Waals surface area contributed by atoms with Crippen LogP contribution in [0, 0.1) is 17.2 Å². The van der Waals surface area contributed by atoms with E-state index in [2.05, 4.69) is 5.32 Å². The van der Waals surface area contributed by atoms with E-state index in [1.807, 2.05) is 6.07 Å². The number of methoxy groups -OCH3 is 1. The molecule has 118 valence electrons. The van der Waals surface area contributed by atoms with Crippen LogP contribution in [0.4, 0.5) is 5.69 Å². The average Bonchev–Trinajstić information content (AvgIpc) is 2.56. The van der Waals surface area contributed by atoms with Gasteiger partial charge in [0.25, 0.3) is 5.91 Å². The summed E-state index contributed by atoms with van der Waals surface area (Å²) in [5, 5.41) is 30.6. The van der Waals surface area contributed by atoms with Crippen LogP contribution >= 0.6 is 0 Å². The van der Waals surface area contributed by atoms with Crippen molar-refractivity contribution in [1.82, 2.24) is 0 Å². The van der Waals surface area contributed by atoms with Crippen LogP contribution in [0.5, 0.6) is 5.75 Å². The second kappa shape index (κ2) is 7.18. The molecular weight excluding hydrogens is 296 g/mol. The van der Waals surface area contributed by atoms with Crippen molar-refractivity contribution in [3.05, 3.63) is 59.6 Å². The molecule has 1 unspecified atom stereocenters. The lowest BCUT2D eigenvalue weighted by Crippen LogP contribution is -2.15. The van der Waals surface area contributed by atoms with Gasteiger partial charge in [-0.1, -0.05) is 6.08 Å². The van der Waals surface area contributed by atoms with Gasteiger partial charge in [-0.05, 0) is 42.8 Å². The van der Waals surface area contributed by atoms with Gasteiger partial charge in [0.2, 0.25) is 0 Å². The second-order valence-electron chi connectivity index (χ2n) is 4.92. The highest BCUT2D eigenvalue weighted by molar-refractivity contribution is 6.06. The van der Waals surface area contributed by atoms with E-state index in [0.717, 1.165) is 0 Å². The Labute approximate surface area is 133 Å². The number of phenols is 1. The molecule has 0 aromatic heterocycles. The molecule has 1 aromatic carbocycles. The van der Waals surface area contributed by atoms with E-state index < -0.39 is 5.91 Å². The maximum absolute atomic E-state index is 12.1. The number of ether oxygens (including phenoxy) is 1. The highest BCUT2D eigenvalue weighted by Gasteiger charge is 2.17. The van der Waals surface area contributed by atoms with Crippen molar-refractivity contribution in [2.24, 2.45) is 5.92 Å². The number of anilines is 1. The number of aliphatic hydroxyl groups excluding tert-OH is 1. The summed E-state index contributed by atoms with van der Waals surface area (Å²) in [7, 11) is 1.44. The molecule has 0 saturated carbocycles. The fourth-order valence-corrected chi connectivity index (χ4v) is 2.11. The number of benzene rings is 1. The fraction of sp³-hybridized carbons (Fsp3) is 0.176. The molecule has 1 aromatic rings. The van der Waals surface area contributed by atoms with E-state index in [-0.39, 0.29) is 23.0 Å². The molecule has 0 spiro atoms. The first-order valence-electron chi connectivity index (χ1n) is 6.91. The number of carbonyl (C=O) groups excluding carboxylic acids is 1. The molecule has 0 heterocycles. The highest BCUT2D eigenvalue weighted by atomic mass is 16.5. The predicted octanol–water partition coefficient (Wildman–Crippen LogP) is 2.77. The summed E-state index contributed by atoms with van der Waals surface area (Å²) < 4.78 is 5.02. The van der Waals surface area contributed by atoms with Crippen molar-refractivity contribution in [2.75, 3.05) is 12.4 Å². The Bertz CT molecular complexity index is 724. The summed E-state index contributed by atoms with van der Waals surface area (Å²) in [6.07, 6.45) is 5.22. The SMILES string of the molecule is COC1=CC(/C=C(/C#N)C(=O)Nc2ccc(O)cc2)CC=C1O. The summed E-state index contributed by atoms with van der Waals surface area (Å²) in [5.41, 5.74) is 0.438. The second-order valence-corrected chi connectivity index (χ2v) is 4.92. The van der Waals surface area contributed by atoms with E-state index in [0.29, 0.717) is 17.9 Å². The Morgan fingerprint density at radius 1 is 1.39 bits per heavy atom.